The van der Waals surface area contributed by atoms with E-state index in [2.05, 4.69) is 91.9 Å². The zero-order valence-corrected chi connectivity index (χ0v) is 21.6. The maximum atomic E-state index is 12.3. The van der Waals surface area contributed by atoms with Crippen LogP contribution in [0.5, 0.6) is 0 Å². The molecular formula is C32H30N2OS. The molecule has 1 unspecified atom stereocenters. The molecule has 4 aromatic rings. The molecule has 180 valence electrons. The van der Waals surface area contributed by atoms with Crippen LogP contribution in [0.25, 0.3) is 22.4 Å². The summed E-state index contributed by atoms with van der Waals surface area (Å²) in [6, 6.07) is 32.5. The Morgan fingerprint density at radius 3 is 2.33 bits per heavy atom. The summed E-state index contributed by atoms with van der Waals surface area (Å²) in [6.07, 6.45) is 3.60. The van der Waals surface area contributed by atoms with Crippen LogP contribution in [0.1, 0.15) is 37.3 Å². The van der Waals surface area contributed by atoms with Crippen molar-refractivity contribution in [3.05, 3.63) is 102 Å². The van der Waals surface area contributed by atoms with E-state index in [9.17, 15) is 4.79 Å². The van der Waals surface area contributed by atoms with Gasteiger partial charge in [-0.2, -0.15) is 0 Å². The van der Waals surface area contributed by atoms with Crippen LogP contribution in [0.2, 0.25) is 0 Å². The molecule has 1 amide bonds. The van der Waals surface area contributed by atoms with Crippen LogP contribution in [-0.2, 0) is 16.6 Å². The highest BCUT2D eigenvalue weighted by atomic mass is 32.2. The molecule has 3 aromatic carbocycles. The summed E-state index contributed by atoms with van der Waals surface area (Å²) in [6.45, 7) is 2.35. The summed E-state index contributed by atoms with van der Waals surface area (Å²) in [4.78, 5) is 20.6. The quantitative estimate of drug-likeness (QED) is 0.299. The molecule has 1 aliphatic heterocycles. The first-order chi connectivity index (χ1) is 17.5. The lowest BCUT2D eigenvalue weighted by Gasteiger charge is -2.50. The van der Waals surface area contributed by atoms with Gasteiger partial charge in [0.2, 0.25) is 5.91 Å². The number of amides is 1. The Morgan fingerprint density at radius 2 is 1.58 bits per heavy atom. The van der Waals surface area contributed by atoms with Crippen LogP contribution in [0.15, 0.2) is 101 Å². The minimum Gasteiger partial charge on any atom is -0.342 e. The molecule has 0 saturated carbocycles. The number of nitrogens with zero attached hydrogens (tertiary/aromatic N) is 2. The molecule has 0 radical (unpaired) electrons. The fraction of sp³-hybridized carbons (Fsp3) is 0.250. The van der Waals surface area contributed by atoms with Gasteiger partial charge in [0.05, 0.1) is 5.69 Å². The summed E-state index contributed by atoms with van der Waals surface area (Å²) < 4.78 is 0. The van der Waals surface area contributed by atoms with E-state index in [-0.39, 0.29) is 11.3 Å². The lowest BCUT2D eigenvalue weighted by atomic mass is 9.63. The minimum atomic E-state index is 0.0331. The van der Waals surface area contributed by atoms with Crippen LogP contribution >= 0.6 is 11.8 Å². The van der Waals surface area contributed by atoms with E-state index < -0.39 is 0 Å². The second kappa shape index (κ2) is 9.25. The Labute approximate surface area is 217 Å². The molecule has 2 atom stereocenters. The minimum absolute atomic E-state index is 0.0331. The van der Waals surface area contributed by atoms with Gasteiger partial charge in [0.15, 0.2) is 0 Å². The number of piperidine rings is 1. The van der Waals surface area contributed by atoms with E-state index >= 15 is 0 Å². The van der Waals surface area contributed by atoms with Crippen molar-refractivity contribution in [2.75, 3.05) is 7.05 Å². The summed E-state index contributed by atoms with van der Waals surface area (Å²) in [5.74, 6) is 0.284. The standard InChI is InChI=1S/C32H30N2OS/c1-32-18-17-31(35)34(2)29(32)16-13-24-19-26(14-15-27(24)32)36-30-21-25(22-9-5-3-6-10-22)20-28(33-30)23-11-7-4-8-12-23/h3-12,14-15,19-21,29H,13,16-18H2,1-2H3/t29?,32-/m1/s1. The predicted molar refractivity (Wildman–Crippen MR) is 147 cm³/mol. The number of hydrogen-bond donors (Lipinski definition) is 0. The summed E-state index contributed by atoms with van der Waals surface area (Å²) in [5, 5.41) is 0.998. The van der Waals surface area contributed by atoms with E-state index in [4.69, 9.17) is 4.98 Å². The largest absolute Gasteiger partial charge is 0.342 e. The van der Waals surface area contributed by atoms with Crippen molar-refractivity contribution in [1.82, 2.24) is 9.88 Å². The maximum absolute atomic E-state index is 12.3. The molecule has 2 heterocycles. The second-order valence-corrected chi connectivity index (χ2v) is 11.3. The molecule has 1 aromatic heterocycles. The smallest absolute Gasteiger partial charge is 0.222 e. The van der Waals surface area contributed by atoms with E-state index in [1.807, 2.05) is 18.0 Å². The number of aryl methyl sites for hydroxylation is 1. The van der Waals surface area contributed by atoms with Crippen molar-refractivity contribution in [2.24, 2.45) is 0 Å². The SMILES string of the molecule is CN1C(=O)CC[C@]2(C)c3ccc(Sc4cc(-c5ccccc5)cc(-c5ccccc5)n4)cc3CCC12. The molecule has 0 bridgehead atoms. The van der Waals surface area contributed by atoms with Crippen molar-refractivity contribution >= 4 is 17.7 Å². The summed E-state index contributed by atoms with van der Waals surface area (Å²) in [7, 11) is 1.98. The van der Waals surface area contributed by atoms with E-state index in [0.717, 1.165) is 35.5 Å². The van der Waals surface area contributed by atoms with Crippen molar-refractivity contribution in [2.45, 2.75) is 54.0 Å². The second-order valence-electron chi connectivity index (χ2n) is 10.2. The third kappa shape index (κ3) is 4.14. The average molecular weight is 491 g/mol. The fourth-order valence-corrected chi connectivity index (χ4v) is 6.97. The number of carbonyl (C=O) groups is 1. The molecule has 3 nitrogen and oxygen atoms in total. The van der Waals surface area contributed by atoms with Crippen LogP contribution in [0.4, 0.5) is 0 Å². The third-order valence-electron chi connectivity index (χ3n) is 8.03. The fourth-order valence-electron chi connectivity index (χ4n) is 6.06. The Bertz CT molecular complexity index is 1360. The van der Waals surface area contributed by atoms with Gasteiger partial charge >= 0.3 is 0 Å². The van der Waals surface area contributed by atoms with Gasteiger partial charge in [0, 0.05) is 35.4 Å². The van der Waals surface area contributed by atoms with Gasteiger partial charge in [-0.15, -0.1) is 0 Å². The van der Waals surface area contributed by atoms with Crippen molar-refractivity contribution in [3.63, 3.8) is 0 Å². The maximum Gasteiger partial charge on any atom is 0.222 e. The summed E-state index contributed by atoms with van der Waals surface area (Å²) >= 11 is 1.73. The molecule has 4 heteroatoms. The number of aromatic nitrogens is 1. The number of pyridine rings is 1. The lowest BCUT2D eigenvalue weighted by Crippen LogP contribution is -2.56. The van der Waals surface area contributed by atoms with Gasteiger partial charge in [-0.05, 0) is 65.8 Å². The normalized spacial score (nSPS) is 21.1. The van der Waals surface area contributed by atoms with E-state index in [1.165, 1.54) is 27.1 Å². The monoisotopic (exact) mass is 490 g/mol. The number of likely N-dealkylation sites (N-methyl/N-ethyl adjacent to an activating group) is 1. The number of rotatable bonds is 4. The lowest BCUT2D eigenvalue weighted by molar-refractivity contribution is -0.138. The molecule has 36 heavy (non-hydrogen) atoms. The highest BCUT2D eigenvalue weighted by molar-refractivity contribution is 7.99. The molecule has 0 spiro atoms. The van der Waals surface area contributed by atoms with Gasteiger partial charge in [-0.3, -0.25) is 4.79 Å². The van der Waals surface area contributed by atoms with Crippen LogP contribution < -0.4 is 0 Å². The van der Waals surface area contributed by atoms with Gasteiger partial charge in [-0.25, -0.2) is 4.98 Å². The first-order valence-electron chi connectivity index (χ1n) is 12.7. The molecule has 2 aliphatic rings. The molecule has 1 aliphatic carbocycles. The van der Waals surface area contributed by atoms with Gasteiger partial charge < -0.3 is 4.90 Å². The Balaban J connectivity index is 1.36. The molecule has 1 fully saturated rings. The van der Waals surface area contributed by atoms with Gasteiger partial charge in [-0.1, -0.05) is 85.4 Å². The first-order valence-corrected chi connectivity index (χ1v) is 13.5. The molecule has 1 saturated heterocycles. The zero-order chi connectivity index (χ0) is 24.7. The molecule has 0 N–H and O–H groups in total. The first kappa shape index (κ1) is 23.1. The Kier molecular flexibility index (Phi) is 5.93. The third-order valence-corrected chi connectivity index (χ3v) is 8.94. The van der Waals surface area contributed by atoms with E-state index in [1.54, 1.807) is 11.8 Å². The highest BCUT2D eigenvalue weighted by Crippen LogP contribution is 2.46. The number of fused-ring (bicyclic) bond motifs is 3. The van der Waals surface area contributed by atoms with Crippen molar-refractivity contribution in [3.8, 4) is 22.4 Å². The van der Waals surface area contributed by atoms with Crippen LogP contribution in [0, 0.1) is 0 Å². The van der Waals surface area contributed by atoms with Gasteiger partial charge in [0.25, 0.3) is 0 Å². The average Bonchev–Trinajstić information content (AvgIpc) is 2.92. The van der Waals surface area contributed by atoms with Gasteiger partial charge in [0.1, 0.15) is 5.03 Å². The zero-order valence-electron chi connectivity index (χ0n) is 20.8. The van der Waals surface area contributed by atoms with Crippen molar-refractivity contribution in [1.29, 1.82) is 0 Å². The number of benzene rings is 3. The Morgan fingerprint density at radius 1 is 0.861 bits per heavy atom. The van der Waals surface area contributed by atoms with Crippen molar-refractivity contribution < 1.29 is 4.79 Å². The number of carbonyl (C=O) groups excluding carboxylic acids is 1. The molecule has 6 rings (SSSR count). The summed E-state index contributed by atoms with van der Waals surface area (Å²) in [5.41, 5.74) is 7.35. The predicted octanol–water partition coefficient (Wildman–Crippen LogP) is 7.39. The van der Waals surface area contributed by atoms with Crippen LogP contribution in [0.3, 0.4) is 0 Å². The number of likely N-dealkylation sites (tertiary alicyclic amines) is 1. The number of hydrogen-bond acceptors (Lipinski definition) is 3. The highest BCUT2D eigenvalue weighted by Gasteiger charge is 2.46. The topological polar surface area (TPSA) is 33.2 Å². The van der Waals surface area contributed by atoms with Crippen LogP contribution in [-0.4, -0.2) is 28.9 Å². The Hall–Kier alpha value is -3.37. The molecular weight excluding hydrogens is 460 g/mol. The van der Waals surface area contributed by atoms with E-state index in [0.29, 0.717) is 12.5 Å².